The summed E-state index contributed by atoms with van der Waals surface area (Å²) in [6.45, 7) is 3.07. The first-order valence-electron chi connectivity index (χ1n) is 6.98. The topological polar surface area (TPSA) is 21.3 Å². The lowest BCUT2D eigenvalue weighted by atomic mass is 10.1. The molecule has 0 aliphatic heterocycles. The zero-order valence-corrected chi connectivity index (χ0v) is 13.9. The summed E-state index contributed by atoms with van der Waals surface area (Å²) >= 11 is 7.74. The lowest BCUT2D eigenvalue weighted by molar-refractivity contribution is 0.414. The number of hydrogen-bond donors (Lipinski definition) is 1. The maximum absolute atomic E-state index is 5.92. The molecule has 0 radical (unpaired) electrons. The molecule has 1 unspecified atom stereocenters. The first-order chi connectivity index (χ1) is 10.2. The molecule has 112 valence electrons. The lowest BCUT2D eigenvalue weighted by Gasteiger charge is -2.18. The van der Waals surface area contributed by atoms with Crippen molar-refractivity contribution in [3.05, 3.63) is 59.1 Å². The Hall–Kier alpha value is -1.16. The van der Waals surface area contributed by atoms with Gasteiger partial charge in [-0.2, -0.15) is 0 Å². The number of hydrogen-bond acceptors (Lipinski definition) is 3. The molecule has 0 spiro atoms. The fourth-order valence-corrected chi connectivity index (χ4v) is 3.19. The van der Waals surface area contributed by atoms with Crippen molar-refractivity contribution in [2.45, 2.75) is 17.9 Å². The molecule has 1 atom stereocenters. The van der Waals surface area contributed by atoms with Gasteiger partial charge in [-0.25, -0.2) is 0 Å². The smallest absolute Gasteiger partial charge is 0.118 e. The van der Waals surface area contributed by atoms with E-state index >= 15 is 0 Å². The summed E-state index contributed by atoms with van der Waals surface area (Å²) in [5, 5.41) is 4.31. The van der Waals surface area contributed by atoms with E-state index < -0.39 is 0 Å². The fraction of sp³-hybridized carbons (Fsp3) is 0.294. The van der Waals surface area contributed by atoms with Gasteiger partial charge in [-0.3, -0.25) is 0 Å². The SMILES string of the molecule is CCNC(CSc1ccc(Cl)cc1)c1ccc(OC)cc1. The number of thioether (sulfide) groups is 1. The standard InChI is InChI=1S/C17H20ClNOS/c1-3-19-17(13-4-8-15(20-2)9-5-13)12-21-16-10-6-14(18)7-11-16/h4-11,17,19H,3,12H2,1-2H3. The zero-order valence-electron chi connectivity index (χ0n) is 12.3. The summed E-state index contributed by atoms with van der Waals surface area (Å²) in [4.78, 5) is 1.23. The Morgan fingerprint density at radius 3 is 2.33 bits per heavy atom. The maximum atomic E-state index is 5.92. The molecule has 4 heteroatoms. The summed E-state index contributed by atoms with van der Waals surface area (Å²) in [6, 6.07) is 16.6. The molecule has 2 nitrogen and oxygen atoms in total. The van der Waals surface area contributed by atoms with Gasteiger partial charge in [-0.1, -0.05) is 30.7 Å². The maximum Gasteiger partial charge on any atom is 0.118 e. The molecular formula is C17H20ClNOS. The molecule has 0 aliphatic carbocycles. The van der Waals surface area contributed by atoms with E-state index in [9.17, 15) is 0 Å². The Kier molecular flexibility index (Phi) is 6.43. The van der Waals surface area contributed by atoms with Gasteiger partial charge in [-0.15, -0.1) is 11.8 Å². The van der Waals surface area contributed by atoms with E-state index in [1.807, 2.05) is 36.0 Å². The highest BCUT2D eigenvalue weighted by Crippen LogP contribution is 2.26. The number of rotatable bonds is 7. The summed E-state index contributed by atoms with van der Waals surface area (Å²) in [5.74, 6) is 1.86. The highest BCUT2D eigenvalue weighted by Gasteiger charge is 2.11. The molecule has 0 saturated carbocycles. The number of ether oxygens (including phenoxy) is 1. The van der Waals surface area contributed by atoms with Crippen molar-refractivity contribution < 1.29 is 4.74 Å². The molecular weight excluding hydrogens is 302 g/mol. The van der Waals surface area contributed by atoms with Crippen LogP contribution in [0.1, 0.15) is 18.5 Å². The Morgan fingerprint density at radius 1 is 1.10 bits per heavy atom. The normalized spacial score (nSPS) is 12.1. The van der Waals surface area contributed by atoms with Crippen molar-refractivity contribution >= 4 is 23.4 Å². The van der Waals surface area contributed by atoms with Gasteiger partial charge in [0.1, 0.15) is 5.75 Å². The predicted molar refractivity (Wildman–Crippen MR) is 91.6 cm³/mol. The minimum Gasteiger partial charge on any atom is -0.497 e. The molecule has 2 rings (SSSR count). The quantitative estimate of drug-likeness (QED) is 0.741. The zero-order chi connectivity index (χ0) is 15.1. The Balaban J connectivity index is 2.02. The van der Waals surface area contributed by atoms with E-state index in [4.69, 9.17) is 16.3 Å². The van der Waals surface area contributed by atoms with Gasteiger partial charge in [0, 0.05) is 21.7 Å². The molecule has 0 aromatic heterocycles. The molecule has 21 heavy (non-hydrogen) atoms. The molecule has 0 aliphatic rings. The van der Waals surface area contributed by atoms with Crippen molar-refractivity contribution in [3.8, 4) is 5.75 Å². The first kappa shape index (κ1) is 16.2. The van der Waals surface area contributed by atoms with Gasteiger partial charge in [0.15, 0.2) is 0 Å². The average molecular weight is 322 g/mol. The molecule has 2 aromatic carbocycles. The second kappa shape index (κ2) is 8.32. The van der Waals surface area contributed by atoms with Crippen LogP contribution in [0.5, 0.6) is 5.75 Å². The highest BCUT2D eigenvalue weighted by atomic mass is 35.5. The fourth-order valence-electron chi connectivity index (χ4n) is 2.07. The van der Waals surface area contributed by atoms with Crippen LogP contribution < -0.4 is 10.1 Å². The molecule has 0 heterocycles. The molecule has 2 aromatic rings. The van der Waals surface area contributed by atoms with Crippen molar-refractivity contribution in [1.29, 1.82) is 0 Å². The van der Waals surface area contributed by atoms with E-state index in [0.29, 0.717) is 6.04 Å². The van der Waals surface area contributed by atoms with Gasteiger partial charge in [0.05, 0.1) is 7.11 Å². The number of methoxy groups -OCH3 is 1. The van der Waals surface area contributed by atoms with Crippen LogP contribution in [0.15, 0.2) is 53.4 Å². The second-order valence-corrected chi connectivity index (χ2v) is 6.18. The Morgan fingerprint density at radius 2 is 1.76 bits per heavy atom. The third-order valence-corrected chi connectivity index (χ3v) is 4.56. The second-order valence-electron chi connectivity index (χ2n) is 4.65. The van der Waals surface area contributed by atoms with Crippen LogP contribution in [0.25, 0.3) is 0 Å². The largest absolute Gasteiger partial charge is 0.497 e. The molecule has 1 N–H and O–H groups in total. The Labute approximate surface area is 135 Å². The molecule has 0 bridgehead atoms. The third kappa shape index (κ3) is 4.95. The molecule has 0 fully saturated rings. The van der Waals surface area contributed by atoms with Crippen molar-refractivity contribution in [2.24, 2.45) is 0 Å². The number of halogens is 1. The van der Waals surface area contributed by atoms with Gasteiger partial charge < -0.3 is 10.1 Å². The van der Waals surface area contributed by atoms with Crippen LogP contribution in [0.4, 0.5) is 0 Å². The number of nitrogens with one attached hydrogen (secondary N) is 1. The van der Waals surface area contributed by atoms with Crippen LogP contribution in [0.3, 0.4) is 0 Å². The van der Waals surface area contributed by atoms with E-state index in [0.717, 1.165) is 23.1 Å². The Bertz CT molecular complexity index is 542. The van der Waals surface area contributed by atoms with E-state index in [2.05, 4.69) is 36.5 Å². The van der Waals surface area contributed by atoms with Crippen LogP contribution in [0.2, 0.25) is 5.02 Å². The monoisotopic (exact) mass is 321 g/mol. The van der Waals surface area contributed by atoms with Crippen molar-refractivity contribution in [2.75, 3.05) is 19.4 Å². The summed E-state index contributed by atoms with van der Waals surface area (Å²) in [7, 11) is 1.69. The minimum atomic E-state index is 0.321. The van der Waals surface area contributed by atoms with Crippen molar-refractivity contribution in [3.63, 3.8) is 0 Å². The van der Waals surface area contributed by atoms with Crippen molar-refractivity contribution in [1.82, 2.24) is 5.32 Å². The highest BCUT2D eigenvalue weighted by molar-refractivity contribution is 7.99. The van der Waals surface area contributed by atoms with Gasteiger partial charge in [0.2, 0.25) is 0 Å². The van der Waals surface area contributed by atoms with E-state index in [1.54, 1.807) is 7.11 Å². The third-order valence-electron chi connectivity index (χ3n) is 3.20. The predicted octanol–water partition coefficient (Wildman–Crippen LogP) is 4.79. The van der Waals surface area contributed by atoms with E-state index in [-0.39, 0.29) is 0 Å². The number of benzene rings is 2. The minimum absolute atomic E-state index is 0.321. The molecule has 0 saturated heterocycles. The summed E-state index contributed by atoms with van der Waals surface area (Å²) < 4.78 is 5.21. The lowest BCUT2D eigenvalue weighted by Crippen LogP contribution is -2.22. The van der Waals surface area contributed by atoms with Gasteiger partial charge in [0.25, 0.3) is 0 Å². The van der Waals surface area contributed by atoms with Gasteiger partial charge >= 0.3 is 0 Å². The van der Waals surface area contributed by atoms with Gasteiger partial charge in [-0.05, 0) is 48.5 Å². The van der Waals surface area contributed by atoms with Crippen LogP contribution >= 0.6 is 23.4 Å². The molecule has 0 amide bonds. The van der Waals surface area contributed by atoms with Crippen LogP contribution in [0, 0.1) is 0 Å². The first-order valence-corrected chi connectivity index (χ1v) is 8.35. The van der Waals surface area contributed by atoms with Crippen LogP contribution in [-0.2, 0) is 0 Å². The average Bonchev–Trinajstić information content (AvgIpc) is 2.53. The summed E-state index contributed by atoms with van der Waals surface area (Å²) in [5.41, 5.74) is 1.28. The van der Waals surface area contributed by atoms with E-state index in [1.165, 1.54) is 10.5 Å². The van der Waals surface area contributed by atoms with Crippen LogP contribution in [-0.4, -0.2) is 19.4 Å². The summed E-state index contributed by atoms with van der Waals surface area (Å²) in [6.07, 6.45) is 0.